The quantitative estimate of drug-likeness (QED) is 0.734. The van der Waals surface area contributed by atoms with E-state index in [4.69, 9.17) is 5.73 Å². The largest absolute Gasteiger partial charge is 0.369 e. The van der Waals surface area contributed by atoms with Crippen LogP contribution in [0, 0.1) is 5.92 Å². The van der Waals surface area contributed by atoms with Crippen LogP contribution in [0.25, 0.3) is 0 Å². The average molecular weight is 206 g/mol. The predicted molar refractivity (Wildman–Crippen MR) is 60.2 cm³/mol. The van der Waals surface area contributed by atoms with E-state index in [2.05, 4.69) is 30.2 Å². The zero-order valence-electron chi connectivity index (χ0n) is 9.15. The molecule has 3 nitrogen and oxygen atoms in total. The summed E-state index contributed by atoms with van der Waals surface area (Å²) in [5.74, 6) is -0.309. The zero-order chi connectivity index (χ0) is 10.8. The van der Waals surface area contributed by atoms with Gasteiger partial charge in [0.05, 0.1) is 5.92 Å². The van der Waals surface area contributed by atoms with Crippen molar-refractivity contribution in [1.29, 1.82) is 0 Å². The van der Waals surface area contributed by atoms with Crippen molar-refractivity contribution >= 4 is 5.91 Å². The Morgan fingerprint density at radius 2 is 2.40 bits per heavy atom. The van der Waals surface area contributed by atoms with E-state index in [9.17, 15) is 4.79 Å². The van der Waals surface area contributed by atoms with E-state index in [-0.39, 0.29) is 11.8 Å². The number of nitrogens with zero attached hydrogens (tertiary/aromatic N) is 1. The first-order valence-corrected chi connectivity index (χ1v) is 5.56. The minimum Gasteiger partial charge on any atom is -0.369 e. The lowest BCUT2D eigenvalue weighted by atomic mass is 9.91. The molecule has 82 valence electrons. The first-order valence-electron chi connectivity index (χ1n) is 5.56. The fraction of sp³-hybridized carbons (Fsp3) is 0.583. The van der Waals surface area contributed by atoms with Crippen LogP contribution in [0.2, 0.25) is 0 Å². The Kier molecular flexibility index (Phi) is 2.91. The van der Waals surface area contributed by atoms with Gasteiger partial charge in [0.25, 0.3) is 0 Å². The van der Waals surface area contributed by atoms with Crippen LogP contribution in [0.15, 0.2) is 23.8 Å². The number of hydrogen-bond donors (Lipinski definition) is 1. The third kappa shape index (κ3) is 2.12. The highest BCUT2D eigenvalue weighted by atomic mass is 16.1. The third-order valence-corrected chi connectivity index (χ3v) is 3.36. The number of primary amides is 1. The molecular formula is C12H18N2O. The van der Waals surface area contributed by atoms with Gasteiger partial charge in [-0.25, -0.2) is 0 Å². The van der Waals surface area contributed by atoms with E-state index in [1.54, 1.807) is 0 Å². The number of rotatable bonds is 2. The van der Waals surface area contributed by atoms with Crippen LogP contribution >= 0.6 is 0 Å². The van der Waals surface area contributed by atoms with Gasteiger partial charge in [-0.3, -0.25) is 9.69 Å². The Bertz CT molecular complexity index is 320. The zero-order valence-corrected chi connectivity index (χ0v) is 9.15. The molecule has 1 fully saturated rings. The fourth-order valence-corrected chi connectivity index (χ4v) is 2.46. The van der Waals surface area contributed by atoms with Crippen molar-refractivity contribution in [3.8, 4) is 0 Å². The van der Waals surface area contributed by atoms with Gasteiger partial charge in [0.1, 0.15) is 0 Å². The first kappa shape index (κ1) is 10.4. The Balaban J connectivity index is 2.14. The summed E-state index contributed by atoms with van der Waals surface area (Å²) in [6, 6.07) is 0.489. The van der Waals surface area contributed by atoms with Crippen molar-refractivity contribution in [1.82, 2.24) is 4.90 Å². The Hall–Kier alpha value is -1.09. The Morgan fingerprint density at radius 3 is 3.00 bits per heavy atom. The smallest absolute Gasteiger partial charge is 0.224 e. The topological polar surface area (TPSA) is 46.3 Å². The van der Waals surface area contributed by atoms with Crippen LogP contribution in [0.4, 0.5) is 0 Å². The van der Waals surface area contributed by atoms with Crippen molar-refractivity contribution in [3.05, 3.63) is 23.8 Å². The predicted octanol–water partition coefficient (Wildman–Crippen LogP) is 1.07. The summed E-state index contributed by atoms with van der Waals surface area (Å²) in [5, 5.41) is 0. The number of carbonyl (C=O) groups excluding carboxylic acids is 1. The number of allylic oxidation sites excluding steroid dienone is 1. The molecule has 2 atom stereocenters. The molecule has 2 aliphatic rings. The molecule has 0 aromatic rings. The molecular weight excluding hydrogens is 188 g/mol. The molecule has 3 heteroatoms. The molecule has 0 spiro atoms. The van der Waals surface area contributed by atoms with Gasteiger partial charge in [-0.2, -0.15) is 0 Å². The van der Waals surface area contributed by atoms with Crippen LogP contribution in [0.1, 0.15) is 19.3 Å². The molecule has 15 heavy (non-hydrogen) atoms. The number of carbonyl (C=O) groups is 1. The number of amides is 1. The summed E-state index contributed by atoms with van der Waals surface area (Å²) in [5.41, 5.74) is 6.60. The van der Waals surface area contributed by atoms with E-state index in [0.29, 0.717) is 6.04 Å². The van der Waals surface area contributed by atoms with Crippen molar-refractivity contribution in [2.45, 2.75) is 25.3 Å². The summed E-state index contributed by atoms with van der Waals surface area (Å²) in [7, 11) is 2.14. The second-order valence-corrected chi connectivity index (χ2v) is 4.45. The maximum absolute atomic E-state index is 11.1. The molecule has 1 amide bonds. The molecule has 1 saturated heterocycles. The lowest BCUT2D eigenvalue weighted by Gasteiger charge is -2.24. The number of hydrogen-bond acceptors (Lipinski definition) is 2. The number of nitrogens with two attached hydrogens (primary N) is 1. The first-order chi connectivity index (χ1) is 7.18. The summed E-state index contributed by atoms with van der Waals surface area (Å²) in [6.07, 6.45) is 9.46. The summed E-state index contributed by atoms with van der Waals surface area (Å²) in [4.78, 5) is 13.5. The molecule has 2 unspecified atom stereocenters. The summed E-state index contributed by atoms with van der Waals surface area (Å²) >= 11 is 0. The monoisotopic (exact) mass is 206 g/mol. The maximum Gasteiger partial charge on any atom is 0.224 e. The van der Waals surface area contributed by atoms with Gasteiger partial charge in [-0.05, 0) is 38.4 Å². The van der Waals surface area contributed by atoms with Gasteiger partial charge in [0.2, 0.25) is 5.91 Å². The van der Waals surface area contributed by atoms with Gasteiger partial charge in [-0.1, -0.05) is 18.2 Å². The van der Waals surface area contributed by atoms with E-state index < -0.39 is 0 Å². The standard InChI is InChI=1S/C12H18N2O/c1-14-7-3-6-11(14)9-4-2-5-10(8-9)12(13)15/h2,4,8,10-11H,3,5-7H2,1H3,(H2,13,15). The maximum atomic E-state index is 11.1. The second kappa shape index (κ2) is 4.19. The molecule has 1 aliphatic carbocycles. The van der Waals surface area contributed by atoms with Crippen LogP contribution in [0.5, 0.6) is 0 Å². The summed E-state index contributed by atoms with van der Waals surface area (Å²) < 4.78 is 0. The van der Waals surface area contributed by atoms with Gasteiger partial charge in [0.15, 0.2) is 0 Å². The van der Waals surface area contributed by atoms with Gasteiger partial charge >= 0.3 is 0 Å². The van der Waals surface area contributed by atoms with Gasteiger partial charge in [0, 0.05) is 6.04 Å². The number of likely N-dealkylation sites (tertiary alicyclic amines) is 1. The van der Waals surface area contributed by atoms with Gasteiger partial charge < -0.3 is 5.73 Å². The second-order valence-electron chi connectivity index (χ2n) is 4.45. The molecule has 1 aliphatic heterocycles. The third-order valence-electron chi connectivity index (χ3n) is 3.36. The van der Waals surface area contributed by atoms with E-state index in [1.807, 2.05) is 0 Å². The van der Waals surface area contributed by atoms with E-state index in [1.165, 1.54) is 18.4 Å². The van der Waals surface area contributed by atoms with Crippen LogP contribution < -0.4 is 5.73 Å². The highest BCUT2D eigenvalue weighted by molar-refractivity contribution is 5.79. The molecule has 0 bridgehead atoms. The van der Waals surface area contributed by atoms with E-state index >= 15 is 0 Å². The highest BCUT2D eigenvalue weighted by Gasteiger charge is 2.26. The molecule has 1 heterocycles. The minimum absolute atomic E-state index is 0.0981. The molecule has 0 aromatic heterocycles. The highest BCUT2D eigenvalue weighted by Crippen LogP contribution is 2.27. The Morgan fingerprint density at radius 1 is 1.60 bits per heavy atom. The van der Waals surface area contributed by atoms with Crippen LogP contribution in [0.3, 0.4) is 0 Å². The molecule has 0 aromatic carbocycles. The van der Waals surface area contributed by atoms with Crippen LogP contribution in [-0.2, 0) is 4.79 Å². The molecule has 2 rings (SSSR count). The molecule has 0 radical (unpaired) electrons. The van der Waals surface area contributed by atoms with Crippen molar-refractivity contribution in [2.75, 3.05) is 13.6 Å². The normalized spacial score (nSPS) is 31.7. The van der Waals surface area contributed by atoms with Crippen LogP contribution in [-0.4, -0.2) is 30.4 Å². The SMILES string of the molecule is CN1CCCC1C1=CC(C(N)=O)CC=C1. The Labute approximate surface area is 90.6 Å². The fourth-order valence-electron chi connectivity index (χ4n) is 2.46. The minimum atomic E-state index is -0.211. The van der Waals surface area contributed by atoms with Crippen molar-refractivity contribution < 1.29 is 4.79 Å². The molecule has 2 N–H and O–H groups in total. The number of likely N-dealkylation sites (N-methyl/N-ethyl adjacent to an activating group) is 1. The van der Waals surface area contributed by atoms with E-state index in [0.717, 1.165) is 13.0 Å². The van der Waals surface area contributed by atoms with Crippen molar-refractivity contribution in [3.63, 3.8) is 0 Å². The average Bonchev–Trinajstić information content (AvgIpc) is 2.64. The van der Waals surface area contributed by atoms with Crippen molar-refractivity contribution in [2.24, 2.45) is 11.7 Å². The molecule has 0 saturated carbocycles. The summed E-state index contributed by atoms with van der Waals surface area (Å²) in [6.45, 7) is 1.15. The lowest BCUT2D eigenvalue weighted by Crippen LogP contribution is -2.29. The lowest BCUT2D eigenvalue weighted by molar-refractivity contribution is -0.120. The van der Waals surface area contributed by atoms with Gasteiger partial charge in [-0.15, -0.1) is 0 Å².